The van der Waals surface area contributed by atoms with Crippen molar-refractivity contribution in [2.75, 3.05) is 5.73 Å². The molecule has 1 aliphatic carbocycles. The van der Waals surface area contributed by atoms with Crippen LogP contribution in [-0.2, 0) is 0 Å². The number of hydrogen-bond acceptors (Lipinski definition) is 4. The van der Waals surface area contributed by atoms with E-state index in [1.54, 1.807) is 12.1 Å². The Morgan fingerprint density at radius 2 is 2.10 bits per heavy atom. The summed E-state index contributed by atoms with van der Waals surface area (Å²) in [4.78, 5) is 0. The van der Waals surface area contributed by atoms with E-state index in [0.717, 1.165) is 12.8 Å². The molecule has 0 spiro atoms. The molecule has 1 fully saturated rings. The van der Waals surface area contributed by atoms with Gasteiger partial charge in [0.2, 0.25) is 0 Å². The minimum Gasteiger partial charge on any atom is -0.399 e. The number of halogens is 2. The van der Waals surface area contributed by atoms with Gasteiger partial charge >= 0.3 is 0 Å². The van der Waals surface area contributed by atoms with Gasteiger partial charge in [-0.3, -0.25) is 0 Å². The van der Waals surface area contributed by atoms with Crippen LogP contribution in [0.25, 0.3) is 11.4 Å². The van der Waals surface area contributed by atoms with E-state index in [0.29, 0.717) is 27.1 Å². The molecule has 1 aromatic heterocycles. The highest BCUT2D eigenvalue weighted by molar-refractivity contribution is 6.43. The summed E-state index contributed by atoms with van der Waals surface area (Å²) in [6, 6.07) is 3.64. The minimum absolute atomic E-state index is 0.153. The van der Waals surface area contributed by atoms with Crippen molar-refractivity contribution in [3.8, 4) is 11.4 Å². The number of anilines is 1. The molecule has 0 aliphatic heterocycles. The number of nitrogen functional groups attached to an aromatic ring is 1. The molecule has 1 unspecified atom stereocenters. The van der Waals surface area contributed by atoms with Crippen LogP contribution in [0.1, 0.15) is 39.2 Å². The molecule has 2 N–H and O–H groups in total. The fourth-order valence-electron chi connectivity index (χ4n) is 3.12. The number of nitrogens with two attached hydrogens (primary N) is 1. The molecule has 0 amide bonds. The SMILES string of the molecule is CC1(C)CCCC1n1nnnc1-c1cc(N)cc(Cl)c1Cl. The standard InChI is InChI=1S/C14H17Cl2N5/c1-14(2)5-3-4-11(14)21-13(18-19-20-21)9-6-8(17)7-10(15)12(9)16/h6-7,11H,3-5,17H2,1-2H3. The van der Waals surface area contributed by atoms with Crippen molar-refractivity contribution in [1.82, 2.24) is 20.2 Å². The normalized spacial score (nSPS) is 20.9. The fraction of sp³-hybridized carbons (Fsp3) is 0.500. The summed E-state index contributed by atoms with van der Waals surface area (Å²) in [7, 11) is 0. The summed E-state index contributed by atoms with van der Waals surface area (Å²) in [6.45, 7) is 4.48. The molecule has 7 heteroatoms. The van der Waals surface area contributed by atoms with Gasteiger partial charge < -0.3 is 5.73 Å². The smallest absolute Gasteiger partial charge is 0.183 e. The third kappa shape index (κ3) is 2.49. The Kier molecular flexibility index (Phi) is 3.58. The van der Waals surface area contributed by atoms with Crippen LogP contribution in [0.2, 0.25) is 10.0 Å². The Balaban J connectivity index is 2.12. The van der Waals surface area contributed by atoms with Crippen LogP contribution in [0.3, 0.4) is 0 Å². The van der Waals surface area contributed by atoms with E-state index in [-0.39, 0.29) is 11.5 Å². The highest BCUT2D eigenvalue weighted by Gasteiger charge is 2.38. The number of benzene rings is 1. The molecule has 21 heavy (non-hydrogen) atoms. The average molecular weight is 326 g/mol. The Bertz CT molecular complexity index is 680. The number of rotatable bonds is 2. The van der Waals surface area contributed by atoms with Crippen molar-refractivity contribution in [3.05, 3.63) is 22.2 Å². The zero-order valence-electron chi connectivity index (χ0n) is 12.0. The quantitative estimate of drug-likeness (QED) is 0.848. The van der Waals surface area contributed by atoms with Crippen LogP contribution in [0, 0.1) is 5.41 Å². The Hall–Kier alpha value is -1.33. The monoisotopic (exact) mass is 325 g/mol. The van der Waals surface area contributed by atoms with Gasteiger partial charge in [-0.15, -0.1) is 5.10 Å². The third-order valence-corrected chi connectivity index (χ3v) is 5.08. The molecular weight excluding hydrogens is 309 g/mol. The van der Waals surface area contributed by atoms with Crippen LogP contribution in [0.4, 0.5) is 5.69 Å². The first-order valence-corrected chi connectivity index (χ1v) is 7.68. The molecule has 1 atom stereocenters. The van der Waals surface area contributed by atoms with Gasteiger partial charge in [0.25, 0.3) is 0 Å². The second kappa shape index (κ2) is 5.14. The van der Waals surface area contributed by atoms with Crippen LogP contribution >= 0.6 is 23.2 Å². The van der Waals surface area contributed by atoms with Gasteiger partial charge in [0, 0.05) is 11.3 Å². The number of hydrogen-bond donors (Lipinski definition) is 1. The lowest BCUT2D eigenvalue weighted by Crippen LogP contribution is -2.23. The van der Waals surface area contributed by atoms with E-state index < -0.39 is 0 Å². The minimum atomic E-state index is 0.153. The second-order valence-electron chi connectivity index (χ2n) is 6.21. The van der Waals surface area contributed by atoms with E-state index in [9.17, 15) is 0 Å². The van der Waals surface area contributed by atoms with E-state index >= 15 is 0 Å². The Morgan fingerprint density at radius 1 is 1.33 bits per heavy atom. The molecule has 1 saturated carbocycles. The number of tetrazole rings is 1. The first kappa shape index (κ1) is 14.6. The number of aromatic nitrogens is 4. The molecule has 1 heterocycles. The largest absolute Gasteiger partial charge is 0.399 e. The van der Waals surface area contributed by atoms with Gasteiger partial charge in [-0.1, -0.05) is 43.5 Å². The molecule has 5 nitrogen and oxygen atoms in total. The van der Waals surface area contributed by atoms with Gasteiger partial charge in [-0.05, 0) is 40.8 Å². The van der Waals surface area contributed by atoms with Crippen LogP contribution in [0.5, 0.6) is 0 Å². The Morgan fingerprint density at radius 3 is 2.76 bits per heavy atom. The highest BCUT2D eigenvalue weighted by Crippen LogP contribution is 2.47. The average Bonchev–Trinajstić information content (AvgIpc) is 2.99. The van der Waals surface area contributed by atoms with E-state index in [1.165, 1.54) is 6.42 Å². The van der Waals surface area contributed by atoms with Gasteiger partial charge in [-0.25, -0.2) is 4.68 Å². The molecule has 3 rings (SSSR count). The van der Waals surface area contributed by atoms with Gasteiger partial charge in [0.1, 0.15) is 0 Å². The first-order chi connectivity index (χ1) is 9.90. The fourth-order valence-corrected chi connectivity index (χ4v) is 3.54. The lowest BCUT2D eigenvalue weighted by molar-refractivity contribution is 0.242. The predicted octanol–water partition coefficient (Wildman–Crippen LogP) is 3.98. The predicted molar refractivity (Wildman–Crippen MR) is 84.4 cm³/mol. The molecule has 1 aromatic carbocycles. The molecule has 0 bridgehead atoms. The summed E-state index contributed by atoms with van der Waals surface area (Å²) >= 11 is 12.4. The molecular formula is C14H17Cl2N5. The van der Waals surface area contributed by atoms with Crippen LogP contribution < -0.4 is 5.73 Å². The molecule has 0 saturated heterocycles. The molecule has 0 radical (unpaired) electrons. The Labute approximate surface area is 133 Å². The van der Waals surface area contributed by atoms with Gasteiger partial charge in [0.05, 0.1) is 16.1 Å². The lowest BCUT2D eigenvalue weighted by Gasteiger charge is -2.27. The molecule has 2 aromatic rings. The van der Waals surface area contributed by atoms with Crippen molar-refractivity contribution < 1.29 is 0 Å². The maximum Gasteiger partial charge on any atom is 0.183 e. The van der Waals surface area contributed by atoms with Crippen LogP contribution in [-0.4, -0.2) is 20.2 Å². The van der Waals surface area contributed by atoms with Crippen molar-refractivity contribution in [2.24, 2.45) is 5.41 Å². The van der Waals surface area contributed by atoms with Crippen molar-refractivity contribution in [1.29, 1.82) is 0 Å². The van der Waals surface area contributed by atoms with Crippen LogP contribution in [0.15, 0.2) is 12.1 Å². The maximum absolute atomic E-state index is 6.31. The highest BCUT2D eigenvalue weighted by atomic mass is 35.5. The second-order valence-corrected chi connectivity index (χ2v) is 6.99. The topological polar surface area (TPSA) is 69.6 Å². The van der Waals surface area contributed by atoms with E-state index in [2.05, 4.69) is 29.4 Å². The van der Waals surface area contributed by atoms with Crippen molar-refractivity contribution in [3.63, 3.8) is 0 Å². The third-order valence-electron chi connectivity index (χ3n) is 4.28. The molecule has 112 valence electrons. The maximum atomic E-state index is 6.31. The summed E-state index contributed by atoms with van der Waals surface area (Å²) in [6.07, 6.45) is 3.38. The van der Waals surface area contributed by atoms with Crippen molar-refractivity contribution in [2.45, 2.75) is 39.2 Å². The molecule has 1 aliphatic rings. The van der Waals surface area contributed by atoms with Crippen molar-refractivity contribution >= 4 is 28.9 Å². The number of nitrogens with zero attached hydrogens (tertiary/aromatic N) is 4. The first-order valence-electron chi connectivity index (χ1n) is 6.93. The zero-order valence-corrected chi connectivity index (χ0v) is 13.5. The summed E-state index contributed by atoms with van der Waals surface area (Å²) in [5.41, 5.74) is 7.24. The van der Waals surface area contributed by atoms with Gasteiger partial charge in [-0.2, -0.15) is 0 Å². The van der Waals surface area contributed by atoms with E-state index in [4.69, 9.17) is 28.9 Å². The summed E-state index contributed by atoms with van der Waals surface area (Å²) < 4.78 is 1.87. The zero-order chi connectivity index (χ0) is 15.2. The summed E-state index contributed by atoms with van der Waals surface area (Å²) in [5, 5.41) is 13.0. The van der Waals surface area contributed by atoms with Gasteiger partial charge in [0.15, 0.2) is 5.82 Å². The summed E-state index contributed by atoms with van der Waals surface area (Å²) in [5.74, 6) is 0.620. The lowest BCUT2D eigenvalue weighted by atomic mass is 9.87. The van der Waals surface area contributed by atoms with E-state index in [1.807, 2.05) is 4.68 Å².